The molecule has 114 valence electrons. The van der Waals surface area contributed by atoms with Crippen molar-refractivity contribution < 1.29 is 14.0 Å². The van der Waals surface area contributed by atoms with Crippen LogP contribution in [0.25, 0.3) is 0 Å². The molecule has 0 amide bonds. The van der Waals surface area contributed by atoms with Gasteiger partial charge in [-0.25, -0.2) is 0 Å². The minimum absolute atomic E-state index is 0.0433. The molecule has 1 unspecified atom stereocenters. The maximum atomic E-state index is 12.3. The zero-order valence-electron chi connectivity index (χ0n) is 13.1. The third-order valence-electron chi connectivity index (χ3n) is 5.53. The van der Waals surface area contributed by atoms with E-state index in [1.165, 1.54) is 18.5 Å². The fourth-order valence-electron chi connectivity index (χ4n) is 4.24. The van der Waals surface area contributed by atoms with Gasteiger partial charge in [-0.05, 0) is 13.3 Å². The van der Waals surface area contributed by atoms with Crippen LogP contribution in [0.1, 0.15) is 38.3 Å². The van der Waals surface area contributed by atoms with Gasteiger partial charge in [0.15, 0.2) is 0 Å². The average Bonchev–Trinajstić information content (AvgIpc) is 3.12. The van der Waals surface area contributed by atoms with Crippen molar-refractivity contribution in [2.75, 3.05) is 26.2 Å². The van der Waals surface area contributed by atoms with Crippen molar-refractivity contribution >= 4 is 5.97 Å². The molecule has 2 bridgehead atoms. The van der Waals surface area contributed by atoms with Crippen LogP contribution in [0.15, 0.2) is 30.3 Å². The first-order valence-electron chi connectivity index (χ1n) is 8.23. The third-order valence-corrected chi connectivity index (χ3v) is 5.53. The predicted octanol–water partition coefficient (Wildman–Crippen LogP) is 3.17. The lowest BCUT2D eigenvalue weighted by Crippen LogP contribution is -2.48. The Morgan fingerprint density at radius 2 is 2.10 bits per heavy atom. The second-order valence-corrected chi connectivity index (χ2v) is 6.72. The maximum absolute atomic E-state index is 12.3. The molecule has 0 spiro atoms. The molecule has 2 saturated heterocycles. The van der Waals surface area contributed by atoms with E-state index in [2.05, 4.69) is 37.3 Å². The molecule has 0 saturated carbocycles. The second kappa shape index (κ2) is 5.80. The number of hydrogen-bond acceptors (Lipinski definition) is 2. The Kier molecular flexibility index (Phi) is 4.03. The van der Waals surface area contributed by atoms with E-state index in [4.69, 9.17) is 4.74 Å². The van der Waals surface area contributed by atoms with Gasteiger partial charge in [0.2, 0.25) is 0 Å². The van der Waals surface area contributed by atoms with Crippen LogP contribution in [0, 0.1) is 11.8 Å². The number of benzene rings is 1. The van der Waals surface area contributed by atoms with Crippen LogP contribution < -0.4 is 0 Å². The van der Waals surface area contributed by atoms with E-state index in [9.17, 15) is 4.79 Å². The molecule has 1 aromatic carbocycles. The molecule has 2 fully saturated rings. The van der Waals surface area contributed by atoms with Crippen molar-refractivity contribution in [3.8, 4) is 0 Å². The Bertz CT molecular complexity index is 501. The normalized spacial score (nSPS) is 32.1. The summed E-state index contributed by atoms with van der Waals surface area (Å²) < 4.78 is 6.48. The van der Waals surface area contributed by atoms with Crippen molar-refractivity contribution in [1.82, 2.24) is 0 Å². The summed E-state index contributed by atoms with van der Waals surface area (Å²) in [5.74, 6) is 0.693. The molecular formula is C18H26NO2+. The number of fused-ring (bicyclic) bond motifs is 2. The van der Waals surface area contributed by atoms with E-state index in [-0.39, 0.29) is 11.9 Å². The summed E-state index contributed by atoms with van der Waals surface area (Å²) in [6, 6.07) is 11.2. The maximum Gasteiger partial charge on any atom is 0.315 e. The minimum Gasteiger partial charge on any atom is -0.465 e. The Hall–Kier alpha value is -1.35. The number of carbonyl (C=O) groups excluding carboxylic acids is 1. The summed E-state index contributed by atoms with van der Waals surface area (Å²) in [5, 5.41) is 0. The number of hydrogen-bond donors (Lipinski definition) is 0. The number of carbonyl (C=O) groups is 1. The first-order chi connectivity index (χ1) is 10.2. The fourth-order valence-corrected chi connectivity index (χ4v) is 4.24. The molecule has 3 rings (SSSR count). The van der Waals surface area contributed by atoms with E-state index in [1.807, 2.05) is 6.92 Å². The predicted molar refractivity (Wildman–Crippen MR) is 82.6 cm³/mol. The number of quaternary nitrogens is 1. The molecule has 1 aromatic rings. The second-order valence-electron chi connectivity index (χ2n) is 6.72. The number of nitrogens with zero attached hydrogens (tertiary/aromatic N) is 1. The van der Waals surface area contributed by atoms with Crippen LogP contribution in [0.4, 0.5) is 0 Å². The molecule has 0 aromatic heterocycles. The first kappa shape index (κ1) is 14.6. The van der Waals surface area contributed by atoms with Crippen LogP contribution in [-0.4, -0.2) is 36.7 Å². The molecule has 21 heavy (non-hydrogen) atoms. The van der Waals surface area contributed by atoms with Gasteiger partial charge in [0.25, 0.3) is 0 Å². The van der Waals surface area contributed by atoms with Crippen LogP contribution >= 0.6 is 0 Å². The molecule has 2 aliphatic heterocycles. The van der Waals surface area contributed by atoms with Crippen LogP contribution in [-0.2, 0) is 9.53 Å². The van der Waals surface area contributed by atoms with Gasteiger partial charge in [-0.15, -0.1) is 0 Å². The molecule has 0 N–H and O–H groups in total. The highest BCUT2D eigenvalue weighted by atomic mass is 16.5. The zero-order chi connectivity index (χ0) is 14.9. The molecule has 2 aliphatic rings. The highest BCUT2D eigenvalue weighted by molar-refractivity contribution is 5.73. The van der Waals surface area contributed by atoms with Crippen molar-refractivity contribution in [3.63, 3.8) is 0 Å². The van der Waals surface area contributed by atoms with Gasteiger partial charge in [-0.2, -0.15) is 0 Å². The van der Waals surface area contributed by atoms with Gasteiger partial charge in [0, 0.05) is 17.9 Å². The van der Waals surface area contributed by atoms with E-state index in [0.717, 1.165) is 24.0 Å². The van der Waals surface area contributed by atoms with Gasteiger partial charge in [0.05, 0.1) is 26.2 Å². The fraction of sp³-hybridized carbons (Fsp3) is 0.611. The first-order valence-corrected chi connectivity index (χ1v) is 8.23. The Morgan fingerprint density at radius 1 is 1.33 bits per heavy atom. The van der Waals surface area contributed by atoms with Crippen molar-refractivity contribution in [2.24, 2.45) is 11.8 Å². The van der Waals surface area contributed by atoms with Crippen molar-refractivity contribution in [2.45, 2.75) is 32.7 Å². The number of piperidine rings is 1. The molecule has 0 aliphatic carbocycles. The quantitative estimate of drug-likeness (QED) is 0.614. The molecule has 3 heteroatoms. The lowest BCUT2D eigenvalue weighted by molar-refractivity contribution is -0.938. The van der Waals surface area contributed by atoms with E-state index in [1.54, 1.807) is 0 Å². The minimum atomic E-state index is 0.0433. The smallest absolute Gasteiger partial charge is 0.315 e. The zero-order valence-corrected chi connectivity index (χ0v) is 13.1. The summed E-state index contributed by atoms with van der Waals surface area (Å²) in [6.07, 6.45) is 2.08. The molecule has 2 heterocycles. The standard InChI is InChI=1S/C18H26NO2/c1-3-11-21-18(20)17-13-19(10-9-16(17)12-19)14(2)15-7-5-4-6-8-15/h4-8,14,16-17H,3,9-13H2,1-2H3/q+1/t14-,16+,17-,19?/m1/s1. The van der Waals surface area contributed by atoms with Crippen molar-refractivity contribution in [1.29, 1.82) is 0 Å². The molecule has 3 nitrogen and oxygen atoms in total. The van der Waals surface area contributed by atoms with Crippen molar-refractivity contribution in [3.05, 3.63) is 35.9 Å². The molecular weight excluding hydrogens is 262 g/mol. The summed E-state index contributed by atoms with van der Waals surface area (Å²) in [4.78, 5) is 12.3. The summed E-state index contributed by atoms with van der Waals surface area (Å²) >= 11 is 0. The average molecular weight is 288 g/mol. The summed E-state index contributed by atoms with van der Waals surface area (Å²) in [5.41, 5.74) is 1.39. The van der Waals surface area contributed by atoms with E-state index in [0.29, 0.717) is 18.6 Å². The van der Waals surface area contributed by atoms with Crippen LogP contribution in [0.2, 0.25) is 0 Å². The summed E-state index contributed by atoms with van der Waals surface area (Å²) in [7, 11) is 0. The topological polar surface area (TPSA) is 26.3 Å². The highest BCUT2D eigenvalue weighted by Gasteiger charge is 2.56. The highest BCUT2D eigenvalue weighted by Crippen LogP contribution is 2.46. The van der Waals surface area contributed by atoms with Gasteiger partial charge in [-0.3, -0.25) is 4.79 Å². The Balaban J connectivity index is 1.74. The van der Waals surface area contributed by atoms with Gasteiger partial charge in [-0.1, -0.05) is 37.3 Å². The summed E-state index contributed by atoms with van der Waals surface area (Å²) in [6.45, 7) is 8.24. The van der Waals surface area contributed by atoms with Gasteiger partial charge < -0.3 is 9.22 Å². The number of ether oxygens (including phenoxy) is 1. The number of esters is 1. The molecule has 4 atom stereocenters. The largest absolute Gasteiger partial charge is 0.465 e. The number of rotatable bonds is 5. The lowest BCUT2D eigenvalue weighted by atomic mass is 9.92. The SMILES string of the molecule is CCCOC(=O)[C@@H]1C[N+]2([C@H](C)c3ccccc3)CC[C@H]1C2. The van der Waals surface area contributed by atoms with Gasteiger partial charge in [0.1, 0.15) is 12.0 Å². The lowest BCUT2D eigenvalue weighted by Gasteiger charge is -2.39. The van der Waals surface area contributed by atoms with Gasteiger partial charge >= 0.3 is 5.97 Å². The Labute approximate surface area is 127 Å². The third kappa shape index (κ3) is 2.59. The van der Waals surface area contributed by atoms with Crippen LogP contribution in [0.5, 0.6) is 0 Å². The monoisotopic (exact) mass is 288 g/mol. The van der Waals surface area contributed by atoms with Crippen LogP contribution in [0.3, 0.4) is 0 Å². The van der Waals surface area contributed by atoms with E-state index >= 15 is 0 Å². The van der Waals surface area contributed by atoms with E-state index < -0.39 is 0 Å². The Morgan fingerprint density at radius 3 is 2.81 bits per heavy atom. The molecule has 0 radical (unpaired) electrons.